The normalized spacial score (nSPS) is 19.7. The Morgan fingerprint density at radius 1 is 1.39 bits per heavy atom. The number of carbonyl (C=O) groups is 1. The highest BCUT2D eigenvalue weighted by Gasteiger charge is 2.20. The molecule has 1 aliphatic rings. The minimum atomic E-state index is 0.0331. The van der Waals surface area contributed by atoms with Crippen LogP contribution in [-0.4, -0.2) is 24.0 Å². The summed E-state index contributed by atoms with van der Waals surface area (Å²) in [4.78, 5) is 14.0. The van der Waals surface area contributed by atoms with Crippen molar-refractivity contribution in [2.45, 2.75) is 33.1 Å². The third kappa shape index (κ3) is 3.25. The van der Waals surface area contributed by atoms with Gasteiger partial charge in [0.25, 0.3) is 0 Å². The summed E-state index contributed by atoms with van der Waals surface area (Å²) in [5.41, 5.74) is 2.18. The van der Waals surface area contributed by atoms with Crippen LogP contribution in [0, 0.1) is 5.92 Å². The Labute approximate surface area is 109 Å². The molecule has 2 amide bonds. The predicted octanol–water partition coefficient (Wildman–Crippen LogP) is 3.51. The molecular weight excluding hydrogens is 224 g/mol. The number of amides is 2. The fourth-order valence-corrected chi connectivity index (χ4v) is 2.40. The topological polar surface area (TPSA) is 32.3 Å². The molecule has 0 bridgehead atoms. The summed E-state index contributed by atoms with van der Waals surface area (Å²) in [7, 11) is 0. The number of nitrogens with one attached hydrogen (secondary N) is 1. The van der Waals surface area contributed by atoms with Crippen LogP contribution in [0.15, 0.2) is 24.3 Å². The number of urea groups is 1. The smallest absolute Gasteiger partial charge is 0.321 e. The zero-order valence-electron chi connectivity index (χ0n) is 11.3. The molecule has 3 heteroatoms. The number of aryl methyl sites for hydroxylation is 1. The van der Waals surface area contributed by atoms with Crippen LogP contribution in [-0.2, 0) is 6.42 Å². The summed E-state index contributed by atoms with van der Waals surface area (Å²) in [6.45, 7) is 6.08. The minimum absolute atomic E-state index is 0.0331. The molecule has 0 aromatic heterocycles. The first-order chi connectivity index (χ1) is 8.69. The van der Waals surface area contributed by atoms with Crippen LogP contribution < -0.4 is 5.32 Å². The third-order valence-electron chi connectivity index (χ3n) is 3.56. The standard InChI is InChI=1S/C15H22N2O/c1-3-13-6-8-14(9-7-13)16-15(18)17-10-4-5-12(2)11-17/h6-9,12H,3-5,10-11H2,1-2H3,(H,16,18)/t12-/m1/s1. The van der Waals surface area contributed by atoms with Gasteiger partial charge in [-0.05, 0) is 42.9 Å². The van der Waals surface area contributed by atoms with Crippen LogP contribution in [0.25, 0.3) is 0 Å². The molecule has 0 saturated carbocycles. The summed E-state index contributed by atoms with van der Waals surface area (Å²) in [5, 5.41) is 2.97. The van der Waals surface area contributed by atoms with Gasteiger partial charge in [-0.3, -0.25) is 0 Å². The second kappa shape index (κ2) is 5.89. The number of nitrogens with zero attached hydrogens (tertiary/aromatic N) is 1. The van der Waals surface area contributed by atoms with Gasteiger partial charge in [0.05, 0.1) is 0 Å². The van der Waals surface area contributed by atoms with Crippen molar-refractivity contribution < 1.29 is 4.79 Å². The maximum Gasteiger partial charge on any atom is 0.321 e. The molecule has 0 spiro atoms. The molecule has 1 aliphatic heterocycles. The molecule has 1 fully saturated rings. The molecule has 0 unspecified atom stereocenters. The SMILES string of the molecule is CCc1ccc(NC(=O)N2CCC[C@@H](C)C2)cc1. The van der Waals surface area contributed by atoms with Crippen molar-refractivity contribution in [1.29, 1.82) is 0 Å². The Morgan fingerprint density at radius 3 is 2.72 bits per heavy atom. The summed E-state index contributed by atoms with van der Waals surface area (Å²) in [6, 6.07) is 8.11. The molecule has 1 aromatic carbocycles. The first-order valence-electron chi connectivity index (χ1n) is 6.84. The predicted molar refractivity (Wildman–Crippen MR) is 74.8 cm³/mol. The summed E-state index contributed by atoms with van der Waals surface area (Å²) >= 11 is 0. The van der Waals surface area contributed by atoms with Crippen LogP contribution in [0.2, 0.25) is 0 Å². The van der Waals surface area contributed by atoms with Gasteiger partial charge < -0.3 is 10.2 Å². The van der Waals surface area contributed by atoms with Gasteiger partial charge in [0.2, 0.25) is 0 Å². The van der Waals surface area contributed by atoms with Gasteiger partial charge in [-0.1, -0.05) is 26.0 Å². The lowest BCUT2D eigenvalue weighted by Gasteiger charge is -2.30. The van der Waals surface area contributed by atoms with E-state index in [1.165, 1.54) is 12.0 Å². The highest BCUT2D eigenvalue weighted by atomic mass is 16.2. The molecule has 1 aromatic rings. The Hall–Kier alpha value is -1.51. The first-order valence-corrected chi connectivity index (χ1v) is 6.84. The molecule has 1 saturated heterocycles. The van der Waals surface area contributed by atoms with Crippen molar-refractivity contribution in [3.05, 3.63) is 29.8 Å². The molecule has 1 atom stereocenters. The largest absolute Gasteiger partial charge is 0.324 e. The van der Waals surface area contributed by atoms with E-state index in [0.717, 1.165) is 31.6 Å². The monoisotopic (exact) mass is 246 g/mol. The Kier molecular flexibility index (Phi) is 4.24. The highest BCUT2D eigenvalue weighted by molar-refractivity contribution is 5.89. The zero-order valence-corrected chi connectivity index (χ0v) is 11.3. The zero-order chi connectivity index (χ0) is 13.0. The third-order valence-corrected chi connectivity index (χ3v) is 3.56. The molecule has 2 rings (SSSR count). The molecule has 18 heavy (non-hydrogen) atoms. The maximum atomic E-state index is 12.1. The highest BCUT2D eigenvalue weighted by Crippen LogP contribution is 2.17. The van der Waals surface area contributed by atoms with Gasteiger partial charge in [-0.15, -0.1) is 0 Å². The van der Waals surface area contributed by atoms with E-state index in [1.807, 2.05) is 17.0 Å². The molecule has 0 aliphatic carbocycles. The van der Waals surface area contributed by atoms with E-state index in [-0.39, 0.29) is 6.03 Å². The lowest BCUT2D eigenvalue weighted by molar-refractivity contribution is 0.182. The van der Waals surface area contributed by atoms with E-state index in [4.69, 9.17) is 0 Å². The number of hydrogen-bond acceptors (Lipinski definition) is 1. The molecular formula is C15H22N2O. The lowest BCUT2D eigenvalue weighted by Crippen LogP contribution is -2.41. The van der Waals surface area contributed by atoms with Gasteiger partial charge in [-0.25, -0.2) is 4.79 Å². The number of piperidine rings is 1. The van der Waals surface area contributed by atoms with Crippen LogP contribution >= 0.6 is 0 Å². The first kappa shape index (κ1) is 12.9. The molecule has 98 valence electrons. The lowest BCUT2D eigenvalue weighted by atomic mass is 10.0. The number of likely N-dealkylation sites (tertiary alicyclic amines) is 1. The quantitative estimate of drug-likeness (QED) is 0.851. The second-order valence-electron chi connectivity index (χ2n) is 5.17. The van der Waals surface area contributed by atoms with Gasteiger partial charge in [0.1, 0.15) is 0 Å². The maximum absolute atomic E-state index is 12.1. The van der Waals surface area contributed by atoms with E-state index in [9.17, 15) is 4.79 Å². The van der Waals surface area contributed by atoms with Crippen LogP contribution in [0.5, 0.6) is 0 Å². The number of hydrogen-bond donors (Lipinski definition) is 1. The molecule has 3 nitrogen and oxygen atoms in total. The van der Waals surface area contributed by atoms with Crippen molar-refractivity contribution in [2.75, 3.05) is 18.4 Å². The Bertz CT molecular complexity index is 399. The fourth-order valence-electron chi connectivity index (χ4n) is 2.40. The van der Waals surface area contributed by atoms with Crippen molar-refractivity contribution in [3.63, 3.8) is 0 Å². The van der Waals surface area contributed by atoms with E-state index in [0.29, 0.717) is 5.92 Å². The van der Waals surface area contributed by atoms with Gasteiger partial charge in [0.15, 0.2) is 0 Å². The number of benzene rings is 1. The van der Waals surface area contributed by atoms with Crippen molar-refractivity contribution >= 4 is 11.7 Å². The Balaban J connectivity index is 1.93. The van der Waals surface area contributed by atoms with Gasteiger partial charge >= 0.3 is 6.03 Å². The van der Waals surface area contributed by atoms with Gasteiger partial charge in [0, 0.05) is 18.8 Å². The Morgan fingerprint density at radius 2 is 2.11 bits per heavy atom. The second-order valence-corrected chi connectivity index (χ2v) is 5.17. The molecule has 0 radical (unpaired) electrons. The minimum Gasteiger partial charge on any atom is -0.324 e. The van der Waals surface area contributed by atoms with Crippen molar-refractivity contribution in [1.82, 2.24) is 4.90 Å². The number of anilines is 1. The average Bonchev–Trinajstić information content (AvgIpc) is 2.39. The van der Waals surface area contributed by atoms with Crippen LogP contribution in [0.4, 0.5) is 10.5 Å². The number of carbonyl (C=O) groups excluding carboxylic acids is 1. The summed E-state index contributed by atoms with van der Waals surface area (Å²) < 4.78 is 0. The van der Waals surface area contributed by atoms with Crippen molar-refractivity contribution in [3.8, 4) is 0 Å². The molecule has 1 heterocycles. The van der Waals surface area contributed by atoms with Crippen LogP contribution in [0.1, 0.15) is 32.3 Å². The van der Waals surface area contributed by atoms with E-state index in [1.54, 1.807) is 0 Å². The van der Waals surface area contributed by atoms with Gasteiger partial charge in [-0.2, -0.15) is 0 Å². The summed E-state index contributed by atoms with van der Waals surface area (Å²) in [6.07, 6.45) is 3.37. The van der Waals surface area contributed by atoms with Crippen LogP contribution in [0.3, 0.4) is 0 Å². The van der Waals surface area contributed by atoms with E-state index < -0.39 is 0 Å². The van der Waals surface area contributed by atoms with Crippen molar-refractivity contribution in [2.24, 2.45) is 5.92 Å². The average molecular weight is 246 g/mol. The summed E-state index contributed by atoms with van der Waals surface area (Å²) in [5.74, 6) is 0.618. The number of rotatable bonds is 2. The van der Waals surface area contributed by atoms with E-state index >= 15 is 0 Å². The van der Waals surface area contributed by atoms with E-state index in [2.05, 4.69) is 31.3 Å². The fraction of sp³-hybridized carbons (Fsp3) is 0.533. The molecule has 1 N–H and O–H groups in total.